The summed E-state index contributed by atoms with van der Waals surface area (Å²) in [7, 11) is 0. The van der Waals surface area contributed by atoms with Crippen molar-refractivity contribution in [3.05, 3.63) is 29.3 Å². The van der Waals surface area contributed by atoms with E-state index in [9.17, 15) is 9.90 Å². The zero-order valence-electron chi connectivity index (χ0n) is 11.0. The molecule has 4 heteroatoms. The fraction of sp³-hybridized carbons (Fsp3) is 0.500. The number of carbonyl (C=O) groups excluding carboxylic acids is 1. The van der Waals surface area contributed by atoms with Gasteiger partial charge in [-0.3, -0.25) is 4.79 Å². The smallest absolute Gasteiger partial charge is 0.251 e. The molecular formula is C14H21NO3. The van der Waals surface area contributed by atoms with E-state index in [1.807, 2.05) is 0 Å². The molecular weight excluding hydrogens is 230 g/mol. The third kappa shape index (κ3) is 4.75. The van der Waals surface area contributed by atoms with E-state index in [1.54, 1.807) is 19.1 Å². The zero-order valence-corrected chi connectivity index (χ0v) is 11.0. The average Bonchev–Trinajstić information content (AvgIpc) is 2.33. The molecule has 0 atom stereocenters. The summed E-state index contributed by atoms with van der Waals surface area (Å²) in [5.41, 5.74) is 1.35. The number of nitrogens with one attached hydrogen (secondary N) is 1. The van der Waals surface area contributed by atoms with Gasteiger partial charge in [-0.2, -0.15) is 0 Å². The lowest BCUT2D eigenvalue weighted by Gasteiger charge is -2.08. The first kappa shape index (κ1) is 14.5. The number of hydrogen-bond acceptors (Lipinski definition) is 3. The highest BCUT2D eigenvalue weighted by atomic mass is 16.5. The highest BCUT2D eigenvalue weighted by molar-refractivity contribution is 5.95. The van der Waals surface area contributed by atoms with Crippen LogP contribution in [0.4, 0.5) is 0 Å². The van der Waals surface area contributed by atoms with Crippen LogP contribution in [0.3, 0.4) is 0 Å². The summed E-state index contributed by atoms with van der Waals surface area (Å²) < 4.78 is 5.35. The summed E-state index contributed by atoms with van der Waals surface area (Å²) in [6.45, 7) is 5.68. The van der Waals surface area contributed by atoms with E-state index >= 15 is 0 Å². The van der Waals surface area contributed by atoms with Gasteiger partial charge in [0.1, 0.15) is 5.75 Å². The molecule has 0 aliphatic heterocycles. The van der Waals surface area contributed by atoms with E-state index in [0.717, 1.165) is 25.0 Å². The third-order valence-corrected chi connectivity index (χ3v) is 2.63. The standard InChI is InChI=1S/C14H21NO3/c1-3-4-8-18-9-7-15-14(17)13-6-5-12(16)10-11(13)2/h5-6,10,16H,3-4,7-9H2,1-2H3,(H,15,17). The van der Waals surface area contributed by atoms with Crippen LogP contribution in [0.5, 0.6) is 5.75 Å². The molecule has 0 aromatic heterocycles. The minimum atomic E-state index is -0.133. The zero-order chi connectivity index (χ0) is 13.4. The number of rotatable bonds is 7. The predicted octanol–water partition coefficient (Wildman–Crippen LogP) is 2.25. The highest BCUT2D eigenvalue weighted by Crippen LogP contribution is 2.15. The van der Waals surface area contributed by atoms with Crippen LogP contribution in [0.2, 0.25) is 0 Å². The summed E-state index contributed by atoms with van der Waals surface area (Å²) in [6.07, 6.45) is 2.16. The highest BCUT2D eigenvalue weighted by Gasteiger charge is 2.08. The molecule has 1 aromatic carbocycles. The third-order valence-electron chi connectivity index (χ3n) is 2.63. The lowest BCUT2D eigenvalue weighted by molar-refractivity contribution is 0.0912. The largest absolute Gasteiger partial charge is 0.508 e. The Morgan fingerprint density at radius 3 is 2.83 bits per heavy atom. The molecule has 100 valence electrons. The molecule has 1 rings (SSSR count). The quantitative estimate of drug-likeness (QED) is 0.731. The summed E-state index contributed by atoms with van der Waals surface area (Å²) in [5.74, 6) is 0.0403. The molecule has 1 amide bonds. The maximum absolute atomic E-state index is 11.8. The summed E-state index contributed by atoms with van der Waals surface area (Å²) in [4.78, 5) is 11.8. The Morgan fingerprint density at radius 1 is 1.39 bits per heavy atom. The van der Waals surface area contributed by atoms with Gasteiger partial charge in [0.25, 0.3) is 5.91 Å². The number of amides is 1. The fourth-order valence-electron chi connectivity index (χ4n) is 1.58. The lowest BCUT2D eigenvalue weighted by Crippen LogP contribution is -2.27. The first-order valence-corrected chi connectivity index (χ1v) is 6.30. The van der Waals surface area contributed by atoms with Crippen molar-refractivity contribution in [2.75, 3.05) is 19.8 Å². The van der Waals surface area contributed by atoms with Crippen molar-refractivity contribution in [2.45, 2.75) is 26.7 Å². The Kier molecular flexibility index (Phi) is 6.22. The number of unbranched alkanes of at least 4 members (excludes halogenated alkanes) is 1. The number of ether oxygens (including phenoxy) is 1. The van der Waals surface area contributed by atoms with Gasteiger partial charge in [-0.05, 0) is 37.1 Å². The van der Waals surface area contributed by atoms with Gasteiger partial charge in [0.2, 0.25) is 0 Å². The van der Waals surface area contributed by atoms with Crippen molar-refractivity contribution < 1.29 is 14.6 Å². The summed E-state index contributed by atoms with van der Waals surface area (Å²) in [6, 6.07) is 4.71. The maximum atomic E-state index is 11.8. The van der Waals surface area contributed by atoms with Gasteiger partial charge in [-0.15, -0.1) is 0 Å². The number of benzene rings is 1. The lowest BCUT2D eigenvalue weighted by atomic mass is 10.1. The second-order valence-corrected chi connectivity index (χ2v) is 4.22. The van der Waals surface area contributed by atoms with E-state index in [0.29, 0.717) is 18.7 Å². The topological polar surface area (TPSA) is 58.6 Å². The van der Waals surface area contributed by atoms with E-state index in [-0.39, 0.29) is 11.7 Å². The number of aromatic hydroxyl groups is 1. The normalized spacial score (nSPS) is 10.3. The van der Waals surface area contributed by atoms with E-state index in [2.05, 4.69) is 12.2 Å². The van der Waals surface area contributed by atoms with Gasteiger partial charge in [0, 0.05) is 18.7 Å². The number of phenolic OH excluding ortho intramolecular Hbond substituents is 1. The molecule has 2 N–H and O–H groups in total. The van der Waals surface area contributed by atoms with Crippen LogP contribution in [0.1, 0.15) is 35.7 Å². The van der Waals surface area contributed by atoms with Crippen molar-refractivity contribution in [3.63, 3.8) is 0 Å². The fourth-order valence-corrected chi connectivity index (χ4v) is 1.58. The monoisotopic (exact) mass is 251 g/mol. The van der Waals surface area contributed by atoms with Crippen LogP contribution in [0.25, 0.3) is 0 Å². The van der Waals surface area contributed by atoms with E-state index in [1.165, 1.54) is 6.07 Å². The first-order chi connectivity index (χ1) is 8.65. The van der Waals surface area contributed by atoms with Crippen molar-refractivity contribution >= 4 is 5.91 Å². The van der Waals surface area contributed by atoms with Gasteiger partial charge >= 0.3 is 0 Å². The Labute approximate surface area is 108 Å². The van der Waals surface area contributed by atoms with Gasteiger partial charge in [0.15, 0.2) is 0 Å². The summed E-state index contributed by atoms with van der Waals surface area (Å²) in [5, 5.41) is 12.1. The molecule has 18 heavy (non-hydrogen) atoms. The van der Waals surface area contributed by atoms with Crippen LogP contribution < -0.4 is 5.32 Å². The minimum Gasteiger partial charge on any atom is -0.508 e. The maximum Gasteiger partial charge on any atom is 0.251 e. The van der Waals surface area contributed by atoms with Gasteiger partial charge in [0.05, 0.1) is 6.61 Å². The molecule has 0 saturated carbocycles. The molecule has 0 aliphatic rings. The minimum absolute atomic E-state index is 0.133. The molecule has 0 saturated heterocycles. The number of aryl methyl sites for hydroxylation is 1. The van der Waals surface area contributed by atoms with Crippen molar-refractivity contribution in [1.29, 1.82) is 0 Å². The van der Waals surface area contributed by atoms with Crippen molar-refractivity contribution in [3.8, 4) is 5.75 Å². The van der Waals surface area contributed by atoms with Crippen LogP contribution in [-0.4, -0.2) is 30.8 Å². The molecule has 0 aliphatic carbocycles. The molecule has 1 aromatic rings. The van der Waals surface area contributed by atoms with Crippen LogP contribution in [0.15, 0.2) is 18.2 Å². The molecule has 0 heterocycles. The summed E-state index contributed by atoms with van der Waals surface area (Å²) >= 11 is 0. The molecule has 0 spiro atoms. The van der Waals surface area contributed by atoms with Crippen LogP contribution in [-0.2, 0) is 4.74 Å². The predicted molar refractivity (Wildman–Crippen MR) is 70.9 cm³/mol. The Bertz CT molecular complexity index is 391. The molecule has 0 fully saturated rings. The van der Waals surface area contributed by atoms with E-state index < -0.39 is 0 Å². The second-order valence-electron chi connectivity index (χ2n) is 4.22. The van der Waals surface area contributed by atoms with E-state index in [4.69, 9.17) is 4.74 Å². The van der Waals surface area contributed by atoms with Crippen molar-refractivity contribution in [1.82, 2.24) is 5.32 Å². The second kappa shape index (κ2) is 7.71. The van der Waals surface area contributed by atoms with Crippen molar-refractivity contribution in [2.24, 2.45) is 0 Å². The van der Waals surface area contributed by atoms with Gasteiger partial charge < -0.3 is 15.2 Å². The molecule has 0 unspecified atom stereocenters. The molecule has 4 nitrogen and oxygen atoms in total. The Balaban J connectivity index is 2.32. The molecule has 0 radical (unpaired) electrons. The Morgan fingerprint density at radius 2 is 2.17 bits per heavy atom. The number of hydrogen-bond donors (Lipinski definition) is 2. The van der Waals surface area contributed by atoms with Crippen LogP contribution >= 0.6 is 0 Å². The van der Waals surface area contributed by atoms with Crippen LogP contribution in [0, 0.1) is 6.92 Å². The number of phenols is 1. The number of carbonyl (C=O) groups is 1. The molecule has 0 bridgehead atoms. The Hall–Kier alpha value is -1.55. The SMILES string of the molecule is CCCCOCCNC(=O)c1ccc(O)cc1C. The van der Waals surface area contributed by atoms with Gasteiger partial charge in [-0.25, -0.2) is 0 Å². The first-order valence-electron chi connectivity index (χ1n) is 6.30. The van der Waals surface area contributed by atoms with Gasteiger partial charge in [-0.1, -0.05) is 13.3 Å². The average molecular weight is 251 g/mol.